The van der Waals surface area contributed by atoms with Gasteiger partial charge in [0.05, 0.1) is 5.75 Å². The molecule has 1 unspecified atom stereocenters. The van der Waals surface area contributed by atoms with Crippen LogP contribution in [0.5, 0.6) is 0 Å². The van der Waals surface area contributed by atoms with E-state index in [9.17, 15) is 22.8 Å². The van der Waals surface area contributed by atoms with Gasteiger partial charge in [-0.05, 0) is 13.3 Å². The number of carboxylic acid groups (broad SMARTS) is 1. The number of carbonyl (C=O) groups is 3. The third-order valence-electron chi connectivity index (χ3n) is 2.78. The molecule has 0 heterocycles. The molecule has 0 radical (unpaired) electrons. The first kappa shape index (κ1) is 19.4. The standard InChI is InChI=1S/C12H22N2O6S/c1-9(12(17)18)14(7-6-13-10(2)15)11(16)5-4-8-21(3,19)20/h9H,4-8H2,1-3H3,(H,13,15)(H,17,18). The fourth-order valence-electron chi connectivity index (χ4n) is 1.65. The molecule has 0 aliphatic heterocycles. The quantitative estimate of drug-likeness (QED) is 0.576. The Morgan fingerprint density at radius 3 is 2.29 bits per heavy atom. The zero-order valence-corrected chi connectivity index (χ0v) is 13.3. The fraction of sp³-hybridized carbons (Fsp3) is 0.750. The van der Waals surface area contributed by atoms with Crippen LogP contribution in [0.3, 0.4) is 0 Å². The normalized spacial score (nSPS) is 12.5. The van der Waals surface area contributed by atoms with Crippen molar-refractivity contribution < 1.29 is 27.9 Å². The molecule has 122 valence electrons. The van der Waals surface area contributed by atoms with Gasteiger partial charge in [0.1, 0.15) is 15.9 Å². The molecule has 0 saturated heterocycles. The maximum atomic E-state index is 12.0. The molecule has 0 rings (SSSR count). The second-order valence-corrected chi connectivity index (χ2v) is 7.08. The number of nitrogens with zero attached hydrogens (tertiary/aromatic N) is 1. The van der Waals surface area contributed by atoms with Gasteiger partial charge < -0.3 is 15.3 Å². The number of hydrogen-bond donors (Lipinski definition) is 2. The van der Waals surface area contributed by atoms with Gasteiger partial charge in [-0.1, -0.05) is 0 Å². The maximum Gasteiger partial charge on any atom is 0.326 e. The van der Waals surface area contributed by atoms with Crippen LogP contribution < -0.4 is 5.32 Å². The number of aliphatic carboxylic acids is 1. The third kappa shape index (κ3) is 9.01. The molecule has 1 atom stereocenters. The molecule has 0 aromatic heterocycles. The molecule has 0 spiro atoms. The summed E-state index contributed by atoms with van der Waals surface area (Å²) in [4.78, 5) is 34.9. The minimum atomic E-state index is -3.15. The summed E-state index contributed by atoms with van der Waals surface area (Å²) >= 11 is 0. The lowest BCUT2D eigenvalue weighted by molar-refractivity contribution is -0.149. The van der Waals surface area contributed by atoms with E-state index in [1.807, 2.05) is 0 Å². The Labute approximate surface area is 124 Å². The first-order valence-electron chi connectivity index (χ1n) is 6.49. The van der Waals surface area contributed by atoms with Crippen molar-refractivity contribution in [2.45, 2.75) is 32.7 Å². The molecule has 0 saturated carbocycles. The Morgan fingerprint density at radius 1 is 1.29 bits per heavy atom. The molecule has 0 aromatic rings. The van der Waals surface area contributed by atoms with Gasteiger partial charge in [-0.3, -0.25) is 9.59 Å². The molecule has 0 aliphatic carbocycles. The Kier molecular flexibility index (Phi) is 7.93. The molecule has 0 aromatic carbocycles. The van der Waals surface area contributed by atoms with E-state index >= 15 is 0 Å². The average molecular weight is 322 g/mol. The van der Waals surface area contributed by atoms with Crippen molar-refractivity contribution in [2.75, 3.05) is 25.1 Å². The van der Waals surface area contributed by atoms with Crippen molar-refractivity contribution in [2.24, 2.45) is 0 Å². The Bertz CT molecular complexity index is 488. The first-order valence-corrected chi connectivity index (χ1v) is 8.55. The number of hydrogen-bond acceptors (Lipinski definition) is 5. The number of carbonyl (C=O) groups excluding carboxylic acids is 2. The largest absolute Gasteiger partial charge is 0.480 e. The lowest BCUT2D eigenvalue weighted by Gasteiger charge is -2.26. The van der Waals surface area contributed by atoms with Crippen molar-refractivity contribution >= 4 is 27.6 Å². The van der Waals surface area contributed by atoms with Gasteiger partial charge in [0, 0.05) is 32.7 Å². The van der Waals surface area contributed by atoms with Crippen molar-refractivity contribution in [3.8, 4) is 0 Å². The van der Waals surface area contributed by atoms with Crippen LogP contribution in [0.15, 0.2) is 0 Å². The number of amides is 2. The molecule has 9 heteroatoms. The number of carboxylic acids is 1. The highest BCUT2D eigenvalue weighted by atomic mass is 32.2. The van der Waals surface area contributed by atoms with Crippen molar-refractivity contribution in [3.05, 3.63) is 0 Å². The summed E-state index contributed by atoms with van der Waals surface area (Å²) in [5, 5.41) is 11.5. The summed E-state index contributed by atoms with van der Waals surface area (Å²) in [5.74, 6) is -2.00. The van der Waals surface area contributed by atoms with Gasteiger partial charge >= 0.3 is 5.97 Å². The van der Waals surface area contributed by atoms with Crippen LogP contribution in [0, 0.1) is 0 Å². The molecule has 0 aliphatic rings. The molecule has 0 fully saturated rings. The number of rotatable bonds is 9. The summed E-state index contributed by atoms with van der Waals surface area (Å²) < 4.78 is 22.0. The Morgan fingerprint density at radius 2 is 1.86 bits per heavy atom. The van der Waals surface area contributed by atoms with E-state index in [0.29, 0.717) is 0 Å². The Balaban J connectivity index is 4.59. The van der Waals surface area contributed by atoms with E-state index < -0.39 is 27.8 Å². The summed E-state index contributed by atoms with van der Waals surface area (Å²) in [6.45, 7) is 2.89. The van der Waals surface area contributed by atoms with Crippen LogP contribution in [0.1, 0.15) is 26.7 Å². The highest BCUT2D eigenvalue weighted by Crippen LogP contribution is 2.05. The van der Waals surface area contributed by atoms with E-state index in [1.165, 1.54) is 13.8 Å². The monoisotopic (exact) mass is 322 g/mol. The van der Waals surface area contributed by atoms with Gasteiger partial charge in [0.2, 0.25) is 11.8 Å². The van der Waals surface area contributed by atoms with E-state index in [4.69, 9.17) is 5.11 Å². The highest BCUT2D eigenvalue weighted by Gasteiger charge is 2.25. The van der Waals surface area contributed by atoms with Crippen LogP contribution in [0.2, 0.25) is 0 Å². The molecule has 2 amide bonds. The first-order chi connectivity index (χ1) is 9.54. The summed E-state index contributed by atoms with van der Waals surface area (Å²) in [6, 6.07) is -1.04. The van der Waals surface area contributed by atoms with Crippen molar-refractivity contribution in [3.63, 3.8) is 0 Å². The second-order valence-electron chi connectivity index (χ2n) is 4.82. The van der Waals surface area contributed by atoms with Crippen molar-refractivity contribution in [1.29, 1.82) is 0 Å². The predicted molar refractivity (Wildman–Crippen MR) is 76.4 cm³/mol. The van der Waals surface area contributed by atoms with E-state index in [1.54, 1.807) is 0 Å². The zero-order valence-electron chi connectivity index (χ0n) is 12.5. The smallest absolute Gasteiger partial charge is 0.326 e. The lowest BCUT2D eigenvalue weighted by atomic mass is 10.2. The molecular weight excluding hydrogens is 300 g/mol. The van der Waals surface area contributed by atoms with Crippen molar-refractivity contribution in [1.82, 2.24) is 10.2 Å². The predicted octanol–water partition coefficient (Wildman–Crippen LogP) is -0.751. The molecular formula is C12H22N2O6S. The topological polar surface area (TPSA) is 121 Å². The SMILES string of the molecule is CC(=O)NCCN(C(=O)CCCS(C)(=O)=O)C(C)C(=O)O. The molecule has 2 N–H and O–H groups in total. The summed E-state index contributed by atoms with van der Waals surface area (Å²) in [5.41, 5.74) is 0. The van der Waals surface area contributed by atoms with Gasteiger partial charge in [-0.15, -0.1) is 0 Å². The van der Waals surface area contributed by atoms with Gasteiger partial charge in [-0.25, -0.2) is 13.2 Å². The third-order valence-corrected chi connectivity index (χ3v) is 3.81. The Hall–Kier alpha value is -1.64. The van der Waals surface area contributed by atoms with E-state index in [0.717, 1.165) is 11.2 Å². The van der Waals surface area contributed by atoms with Gasteiger partial charge in [0.15, 0.2) is 0 Å². The minimum Gasteiger partial charge on any atom is -0.480 e. The maximum absolute atomic E-state index is 12.0. The van der Waals surface area contributed by atoms with Crippen LogP contribution in [0.25, 0.3) is 0 Å². The minimum absolute atomic E-state index is 0.0508. The van der Waals surface area contributed by atoms with E-state index in [-0.39, 0.29) is 37.6 Å². The highest BCUT2D eigenvalue weighted by molar-refractivity contribution is 7.90. The molecule has 21 heavy (non-hydrogen) atoms. The number of nitrogens with one attached hydrogen (secondary N) is 1. The zero-order chi connectivity index (χ0) is 16.6. The molecule has 8 nitrogen and oxygen atoms in total. The van der Waals surface area contributed by atoms with Crippen LogP contribution in [-0.2, 0) is 24.2 Å². The van der Waals surface area contributed by atoms with Gasteiger partial charge in [0.25, 0.3) is 0 Å². The lowest BCUT2D eigenvalue weighted by Crippen LogP contribution is -2.46. The number of sulfone groups is 1. The van der Waals surface area contributed by atoms with Crippen LogP contribution in [-0.4, -0.2) is 67.3 Å². The van der Waals surface area contributed by atoms with Crippen LogP contribution >= 0.6 is 0 Å². The van der Waals surface area contributed by atoms with Crippen LogP contribution in [0.4, 0.5) is 0 Å². The van der Waals surface area contributed by atoms with Gasteiger partial charge in [-0.2, -0.15) is 0 Å². The van der Waals surface area contributed by atoms with E-state index in [2.05, 4.69) is 5.32 Å². The fourth-order valence-corrected chi connectivity index (χ4v) is 2.32. The average Bonchev–Trinajstić information content (AvgIpc) is 2.31. The summed E-state index contributed by atoms with van der Waals surface area (Å²) in [7, 11) is -3.15. The second kappa shape index (κ2) is 8.60. The summed E-state index contributed by atoms with van der Waals surface area (Å²) in [6.07, 6.45) is 1.16. The molecule has 0 bridgehead atoms.